The van der Waals surface area contributed by atoms with Crippen molar-refractivity contribution in [3.63, 3.8) is 0 Å². The first-order valence-electron chi connectivity index (χ1n) is 5.48. The highest BCUT2D eigenvalue weighted by molar-refractivity contribution is 5.57. The van der Waals surface area contributed by atoms with Gasteiger partial charge >= 0.3 is 5.69 Å². The van der Waals surface area contributed by atoms with E-state index in [1.165, 1.54) is 0 Å². The van der Waals surface area contributed by atoms with Gasteiger partial charge in [0.2, 0.25) is 11.8 Å². The van der Waals surface area contributed by atoms with Gasteiger partial charge in [-0.1, -0.05) is 0 Å². The predicted molar refractivity (Wildman–Crippen MR) is 63.8 cm³/mol. The molecule has 0 aromatic carbocycles. The Morgan fingerprint density at radius 2 is 2.33 bits per heavy atom. The van der Waals surface area contributed by atoms with Crippen molar-refractivity contribution in [2.75, 3.05) is 17.3 Å². The topological polar surface area (TPSA) is 139 Å². The first-order chi connectivity index (χ1) is 8.54. The van der Waals surface area contributed by atoms with Gasteiger partial charge in [-0.3, -0.25) is 15.5 Å². The van der Waals surface area contributed by atoms with Crippen LogP contribution in [-0.4, -0.2) is 32.1 Å². The minimum Gasteiger partial charge on any atom is -0.388 e. The predicted octanol–water partition coefficient (Wildman–Crippen LogP) is -0.00270. The fourth-order valence-corrected chi connectivity index (χ4v) is 1.72. The number of aliphatic hydroxyl groups is 1. The van der Waals surface area contributed by atoms with Crippen molar-refractivity contribution in [2.24, 2.45) is 5.84 Å². The SMILES string of the molecule is NNc1ncc([N+](=O)[O-])c(NCC2(O)CCC2)n1. The lowest BCUT2D eigenvalue weighted by Crippen LogP contribution is -2.43. The van der Waals surface area contributed by atoms with Gasteiger partial charge in [0.15, 0.2) is 0 Å². The maximum absolute atomic E-state index is 10.8. The molecule has 0 aliphatic heterocycles. The molecular weight excluding hydrogens is 240 g/mol. The normalized spacial score (nSPS) is 16.8. The van der Waals surface area contributed by atoms with Crippen molar-refractivity contribution in [3.8, 4) is 0 Å². The Morgan fingerprint density at radius 1 is 1.61 bits per heavy atom. The molecule has 0 bridgehead atoms. The van der Waals surface area contributed by atoms with Crippen molar-refractivity contribution in [1.82, 2.24) is 9.97 Å². The number of nitro groups is 1. The molecule has 0 amide bonds. The van der Waals surface area contributed by atoms with Crippen LogP contribution in [0.15, 0.2) is 6.20 Å². The summed E-state index contributed by atoms with van der Waals surface area (Å²) in [6.45, 7) is 0.217. The fraction of sp³-hybridized carbons (Fsp3) is 0.556. The van der Waals surface area contributed by atoms with Crippen molar-refractivity contribution in [2.45, 2.75) is 24.9 Å². The standard InChI is InChI=1S/C9H14N6O3/c10-14-8-11-4-6(15(17)18)7(13-8)12-5-9(16)2-1-3-9/h4,16H,1-3,5,10H2,(H2,11,12,13,14). The molecule has 98 valence electrons. The van der Waals surface area contributed by atoms with Crippen LogP contribution in [0.1, 0.15) is 19.3 Å². The lowest BCUT2D eigenvalue weighted by Gasteiger charge is -2.36. The highest BCUT2D eigenvalue weighted by Crippen LogP contribution is 2.32. The molecule has 1 fully saturated rings. The molecular formula is C9H14N6O3. The van der Waals surface area contributed by atoms with E-state index >= 15 is 0 Å². The number of nitrogens with two attached hydrogens (primary N) is 1. The Bertz CT molecular complexity index is 462. The summed E-state index contributed by atoms with van der Waals surface area (Å²) in [5.74, 6) is 5.26. The summed E-state index contributed by atoms with van der Waals surface area (Å²) in [5, 5.41) is 23.5. The molecule has 2 rings (SSSR count). The summed E-state index contributed by atoms with van der Waals surface area (Å²) >= 11 is 0. The van der Waals surface area contributed by atoms with Crippen molar-refractivity contribution in [1.29, 1.82) is 0 Å². The molecule has 1 heterocycles. The van der Waals surface area contributed by atoms with E-state index in [1.54, 1.807) is 0 Å². The molecule has 0 radical (unpaired) electrons. The fourth-order valence-electron chi connectivity index (χ4n) is 1.72. The van der Waals surface area contributed by atoms with Crippen LogP contribution >= 0.6 is 0 Å². The van der Waals surface area contributed by atoms with Crippen LogP contribution in [0.4, 0.5) is 17.5 Å². The smallest absolute Gasteiger partial charge is 0.329 e. The first-order valence-corrected chi connectivity index (χ1v) is 5.48. The molecule has 5 N–H and O–H groups in total. The summed E-state index contributed by atoms with van der Waals surface area (Å²) in [6, 6.07) is 0. The molecule has 9 heteroatoms. The Balaban J connectivity index is 2.15. The van der Waals surface area contributed by atoms with Crippen LogP contribution in [0, 0.1) is 10.1 Å². The molecule has 0 unspecified atom stereocenters. The molecule has 1 saturated carbocycles. The van der Waals surface area contributed by atoms with Crippen molar-refractivity contribution < 1.29 is 10.0 Å². The molecule has 18 heavy (non-hydrogen) atoms. The van der Waals surface area contributed by atoms with Gasteiger partial charge in [-0.25, -0.2) is 10.8 Å². The molecule has 1 aliphatic carbocycles. The highest BCUT2D eigenvalue weighted by Gasteiger charge is 2.34. The van der Waals surface area contributed by atoms with Crippen LogP contribution in [0.5, 0.6) is 0 Å². The molecule has 0 saturated heterocycles. The number of hydrogen-bond acceptors (Lipinski definition) is 8. The second kappa shape index (κ2) is 4.70. The van der Waals surface area contributed by atoms with Crippen LogP contribution in [0.25, 0.3) is 0 Å². The van der Waals surface area contributed by atoms with Gasteiger partial charge in [0.05, 0.1) is 10.5 Å². The molecule has 9 nitrogen and oxygen atoms in total. The maximum atomic E-state index is 10.8. The van der Waals surface area contributed by atoms with E-state index in [-0.39, 0.29) is 24.0 Å². The van der Waals surface area contributed by atoms with Gasteiger partial charge in [-0.15, -0.1) is 0 Å². The Labute approximate surface area is 103 Å². The molecule has 1 aromatic heterocycles. The number of nitrogen functional groups attached to an aromatic ring is 1. The minimum atomic E-state index is -0.797. The number of nitrogens with one attached hydrogen (secondary N) is 2. The van der Waals surface area contributed by atoms with Crippen LogP contribution in [0.2, 0.25) is 0 Å². The van der Waals surface area contributed by atoms with Crippen molar-refractivity contribution >= 4 is 17.5 Å². The molecule has 1 aliphatic rings. The lowest BCUT2D eigenvalue weighted by atomic mass is 9.80. The summed E-state index contributed by atoms with van der Waals surface area (Å²) in [6.07, 6.45) is 3.39. The average molecular weight is 254 g/mol. The van der Waals surface area contributed by atoms with E-state index in [2.05, 4.69) is 20.7 Å². The van der Waals surface area contributed by atoms with E-state index in [0.717, 1.165) is 12.6 Å². The minimum absolute atomic E-state index is 0.0447. The number of anilines is 2. The van der Waals surface area contributed by atoms with Gasteiger partial charge in [-0.05, 0) is 19.3 Å². The van der Waals surface area contributed by atoms with E-state index in [0.29, 0.717) is 12.8 Å². The van der Waals surface area contributed by atoms with Gasteiger partial charge in [-0.2, -0.15) is 4.98 Å². The second-order valence-corrected chi connectivity index (χ2v) is 4.26. The van der Waals surface area contributed by atoms with Crippen LogP contribution in [-0.2, 0) is 0 Å². The molecule has 0 spiro atoms. The maximum Gasteiger partial charge on any atom is 0.329 e. The average Bonchev–Trinajstić information content (AvgIpc) is 2.33. The van der Waals surface area contributed by atoms with E-state index in [1.807, 2.05) is 0 Å². The van der Waals surface area contributed by atoms with Crippen molar-refractivity contribution in [3.05, 3.63) is 16.3 Å². The van der Waals surface area contributed by atoms with Crippen LogP contribution in [0.3, 0.4) is 0 Å². The van der Waals surface area contributed by atoms with Gasteiger partial charge < -0.3 is 10.4 Å². The number of nitrogens with zero attached hydrogens (tertiary/aromatic N) is 3. The Hall–Kier alpha value is -2.00. The summed E-state index contributed by atoms with van der Waals surface area (Å²) in [4.78, 5) is 17.7. The zero-order chi connectivity index (χ0) is 13.2. The van der Waals surface area contributed by atoms with Crippen LogP contribution < -0.4 is 16.6 Å². The summed E-state index contributed by atoms with van der Waals surface area (Å²) < 4.78 is 0. The van der Waals surface area contributed by atoms with E-state index < -0.39 is 10.5 Å². The van der Waals surface area contributed by atoms with E-state index in [9.17, 15) is 15.2 Å². The third-order valence-electron chi connectivity index (χ3n) is 2.96. The van der Waals surface area contributed by atoms with Gasteiger partial charge in [0.25, 0.3) is 0 Å². The number of hydrogen-bond donors (Lipinski definition) is 4. The number of rotatable bonds is 5. The third-order valence-corrected chi connectivity index (χ3v) is 2.96. The summed E-state index contributed by atoms with van der Waals surface area (Å²) in [5.41, 5.74) is 1.16. The van der Waals surface area contributed by atoms with Gasteiger partial charge in [0, 0.05) is 6.54 Å². The second-order valence-electron chi connectivity index (χ2n) is 4.26. The molecule has 1 aromatic rings. The zero-order valence-corrected chi connectivity index (χ0v) is 9.59. The van der Waals surface area contributed by atoms with Gasteiger partial charge in [0.1, 0.15) is 6.20 Å². The quantitative estimate of drug-likeness (QED) is 0.327. The highest BCUT2D eigenvalue weighted by atomic mass is 16.6. The monoisotopic (exact) mass is 254 g/mol. The first kappa shape index (κ1) is 12.5. The summed E-state index contributed by atoms with van der Waals surface area (Å²) in [7, 11) is 0. The van der Waals surface area contributed by atoms with E-state index in [4.69, 9.17) is 5.84 Å². The zero-order valence-electron chi connectivity index (χ0n) is 9.59. The molecule has 0 atom stereocenters. The Kier molecular flexibility index (Phi) is 3.26. The lowest BCUT2D eigenvalue weighted by molar-refractivity contribution is -0.384. The number of aromatic nitrogens is 2. The Morgan fingerprint density at radius 3 is 2.83 bits per heavy atom. The number of hydrazine groups is 1. The third kappa shape index (κ3) is 2.46. The largest absolute Gasteiger partial charge is 0.388 e.